The van der Waals surface area contributed by atoms with Crippen molar-refractivity contribution in [2.75, 3.05) is 20.8 Å². The number of hydrogen-bond donors (Lipinski definition) is 0. The number of para-hydroxylation sites is 2. The lowest BCUT2D eigenvalue weighted by molar-refractivity contribution is -0.0758. The minimum Gasteiger partial charge on any atom is -0.494 e. The molecule has 7 rings (SSSR count). The number of carbonyl (C=O) groups is 2. The second-order valence-electron chi connectivity index (χ2n) is 12.7. The topological polar surface area (TPSA) is 126 Å². The zero-order valence-electron chi connectivity index (χ0n) is 31.0. The molecule has 284 valence electrons. The minimum absolute atomic E-state index is 0.0537. The number of aryl methyl sites for hydroxylation is 1. The van der Waals surface area contributed by atoms with Gasteiger partial charge in [-0.3, -0.25) is 24.0 Å². The molecule has 3 aromatic carbocycles. The fraction of sp³-hybridized carbons (Fsp3) is 0.163. The van der Waals surface area contributed by atoms with Crippen molar-refractivity contribution in [3.63, 3.8) is 0 Å². The van der Waals surface area contributed by atoms with Crippen molar-refractivity contribution in [3.05, 3.63) is 179 Å². The predicted molar refractivity (Wildman–Crippen MR) is 223 cm³/mol. The summed E-state index contributed by atoms with van der Waals surface area (Å²) in [6.07, 6.45) is 3.20. The molecule has 0 spiro atoms. The van der Waals surface area contributed by atoms with Crippen molar-refractivity contribution in [3.8, 4) is 5.75 Å². The van der Waals surface area contributed by atoms with Crippen LogP contribution in [0.25, 0.3) is 21.8 Å². The molecule has 0 saturated heterocycles. The minimum atomic E-state index is -0.491. The van der Waals surface area contributed by atoms with Crippen LogP contribution in [-0.4, -0.2) is 56.6 Å². The molecule has 13 heteroatoms. The maximum absolute atomic E-state index is 13.3. The van der Waals surface area contributed by atoms with Crippen LogP contribution in [-0.2, 0) is 17.9 Å². The Hall–Kier alpha value is -5.76. The summed E-state index contributed by atoms with van der Waals surface area (Å²) in [5, 5.41) is 2.02. The number of halogens is 2. The van der Waals surface area contributed by atoms with E-state index in [1.165, 1.54) is 14.2 Å². The highest BCUT2D eigenvalue weighted by atomic mass is 79.9. The standard InChI is InChI=1S/C25H21BrN2O3.C18H16BrN3O3/c1-3-31-22-12-11-17(13-16(22)2)24(29)20-15-28(14-18-7-6-10-23(26)27-18)21-9-5-4-8-19(21)25(20)30;1-21(25-2)18(24)14-11-22(10-12-6-5-9-16(19)20-12)15-8-4-3-7-13(15)17(14)23/h4-13,15H,3,14H2,1-2H3;3-9,11H,10H2,1-2H3. The number of rotatable bonds is 10. The molecular formula is C43H37Br2N5O6. The zero-order chi connectivity index (χ0) is 39.9. The highest BCUT2D eigenvalue weighted by Crippen LogP contribution is 2.22. The van der Waals surface area contributed by atoms with Crippen LogP contribution in [0.3, 0.4) is 0 Å². The molecule has 56 heavy (non-hydrogen) atoms. The van der Waals surface area contributed by atoms with Gasteiger partial charge in [0.15, 0.2) is 5.78 Å². The number of pyridine rings is 4. The van der Waals surface area contributed by atoms with Gasteiger partial charge >= 0.3 is 0 Å². The number of hydroxylamine groups is 2. The summed E-state index contributed by atoms with van der Waals surface area (Å²) < 4.78 is 10.8. The summed E-state index contributed by atoms with van der Waals surface area (Å²) >= 11 is 6.75. The van der Waals surface area contributed by atoms with Gasteiger partial charge in [0, 0.05) is 35.8 Å². The van der Waals surface area contributed by atoms with E-state index >= 15 is 0 Å². The third kappa shape index (κ3) is 8.86. The molecule has 0 fully saturated rings. The van der Waals surface area contributed by atoms with Gasteiger partial charge in [-0.05, 0) is 118 Å². The largest absolute Gasteiger partial charge is 0.494 e. The Morgan fingerprint density at radius 3 is 1.73 bits per heavy atom. The van der Waals surface area contributed by atoms with E-state index < -0.39 is 5.91 Å². The molecule has 0 aliphatic carbocycles. The number of carbonyl (C=O) groups excluding carboxylic acids is 2. The van der Waals surface area contributed by atoms with Gasteiger partial charge in [0.2, 0.25) is 10.9 Å². The van der Waals surface area contributed by atoms with E-state index in [4.69, 9.17) is 9.57 Å². The second-order valence-corrected chi connectivity index (χ2v) is 14.3. The molecule has 0 saturated carbocycles. The maximum Gasteiger partial charge on any atom is 0.282 e. The van der Waals surface area contributed by atoms with E-state index in [0.29, 0.717) is 36.0 Å². The molecule has 0 aliphatic heterocycles. The van der Waals surface area contributed by atoms with Crippen molar-refractivity contribution in [1.29, 1.82) is 0 Å². The number of hydrogen-bond acceptors (Lipinski definition) is 8. The second kappa shape index (κ2) is 17.8. The van der Waals surface area contributed by atoms with Crippen LogP contribution in [0.1, 0.15) is 50.2 Å². The van der Waals surface area contributed by atoms with Crippen LogP contribution in [0.4, 0.5) is 0 Å². The summed E-state index contributed by atoms with van der Waals surface area (Å²) in [6.45, 7) is 5.21. The van der Waals surface area contributed by atoms with Gasteiger partial charge in [-0.2, -0.15) is 0 Å². The lowest BCUT2D eigenvalue weighted by Crippen LogP contribution is -2.31. The van der Waals surface area contributed by atoms with E-state index in [0.717, 1.165) is 48.0 Å². The van der Waals surface area contributed by atoms with E-state index in [2.05, 4.69) is 41.8 Å². The Morgan fingerprint density at radius 1 is 0.714 bits per heavy atom. The summed E-state index contributed by atoms with van der Waals surface area (Å²) in [6, 6.07) is 31.1. The molecular weight excluding hydrogens is 842 g/mol. The van der Waals surface area contributed by atoms with Crippen LogP contribution in [0, 0.1) is 6.92 Å². The quantitative estimate of drug-likeness (QED) is 0.0770. The molecule has 0 N–H and O–H groups in total. The zero-order valence-corrected chi connectivity index (χ0v) is 34.2. The number of benzene rings is 3. The highest BCUT2D eigenvalue weighted by molar-refractivity contribution is 9.10. The first-order valence-corrected chi connectivity index (χ1v) is 19.1. The van der Waals surface area contributed by atoms with Crippen LogP contribution in [0.2, 0.25) is 0 Å². The molecule has 0 aliphatic rings. The van der Waals surface area contributed by atoms with Gasteiger partial charge in [-0.1, -0.05) is 36.4 Å². The molecule has 11 nitrogen and oxygen atoms in total. The Morgan fingerprint density at radius 2 is 1.23 bits per heavy atom. The SMILES string of the molecule is CCOc1ccc(C(=O)c2cn(Cc3cccc(Br)n3)c3ccccc3c2=O)cc1C.CON(C)C(=O)c1cn(Cc2cccc(Br)n2)c2ccccc2c1=O. The molecule has 4 heterocycles. The van der Waals surface area contributed by atoms with Crippen LogP contribution in [0.15, 0.2) is 134 Å². The van der Waals surface area contributed by atoms with Gasteiger partial charge in [-0.25, -0.2) is 15.0 Å². The summed E-state index contributed by atoms with van der Waals surface area (Å²) in [5.41, 5.74) is 4.04. The Balaban J connectivity index is 0.000000194. The van der Waals surface area contributed by atoms with Gasteiger partial charge in [0.25, 0.3) is 5.91 Å². The summed E-state index contributed by atoms with van der Waals surface area (Å²) in [7, 11) is 2.85. The molecule has 7 aromatic rings. The lowest BCUT2D eigenvalue weighted by atomic mass is 10.0. The van der Waals surface area contributed by atoms with Crippen molar-refractivity contribution in [1.82, 2.24) is 24.2 Å². The lowest BCUT2D eigenvalue weighted by Gasteiger charge is -2.16. The summed E-state index contributed by atoms with van der Waals surface area (Å²) in [5.74, 6) is -0.0669. The number of ether oxygens (including phenoxy) is 1. The molecule has 0 bridgehead atoms. The normalized spacial score (nSPS) is 10.9. The number of fused-ring (bicyclic) bond motifs is 2. The van der Waals surface area contributed by atoms with E-state index in [1.54, 1.807) is 54.9 Å². The molecule has 4 aromatic heterocycles. The first-order chi connectivity index (χ1) is 27.0. The third-order valence-corrected chi connectivity index (χ3v) is 9.84. The van der Waals surface area contributed by atoms with Crippen molar-refractivity contribution < 1.29 is 19.2 Å². The molecule has 1 amide bonds. The fourth-order valence-corrected chi connectivity index (χ4v) is 6.97. The Labute approximate surface area is 339 Å². The fourth-order valence-electron chi connectivity index (χ4n) is 6.21. The van der Waals surface area contributed by atoms with Gasteiger partial charge in [0.1, 0.15) is 20.5 Å². The average molecular weight is 880 g/mol. The maximum atomic E-state index is 13.3. The van der Waals surface area contributed by atoms with Gasteiger partial charge in [0.05, 0.1) is 54.8 Å². The Kier molecular flexibility index (Phi) is 12.7. The summed E-state index contributed by atoms with van der Waals surface area (Å²) in [4.78, 5) is 65.5. The third-order valence-electron chi connectivity index (χ3n) is 8.96. The van der Waals surface area contributed by atoms with E-state index in [1.807, 2.05) is 83.6 Å². The Bertz CT molecular complexity index is 2710. The average Bonchev–Trinajstić information content (AvgIpc) is 3.20. The van der Waals surface area contributed by atoms with Crippen LogP contribution < -0.4 is 15.6 Å². The number of amides is 1. The van der Waals surface area contributed by atoms with Crippen LogP contribution in [0.5, 0.6) is 5.75 Å². The predicted octanol–water partition coefficient (Wildman–Crippen LogP) is 7.99. The van der Waals surface area contributed by atoms with Crippen molar-refractivity contribution >= 4 is 65.4 Å². The van der Waals surface area contributed by atoms with Gasteiger partial charge < -0.3 is 13.9 Å². The number of nitrogens with zero attached hydrogens (tertiary/aromatic N) is 5. The van der Waals surface area contributed by atoms with Gasteiger partial charge in [-0.15, -0.1) is 0 Å². The molecule has 0 radical (unpaired) electrons. The van der Waals surface area contributed by atoms with Crippen molar-refractivity contribution in [2.24, 2.45) is 0 Å². The number of ketones is 1. The van der Waals surface area contributed by atoms with Crippen molar-refractivity contribution in [2.45, 2.75) is 26.9 Å². The smallest absolute Gasteiger partial charge is 0.282 e. The monoisotopic (exact) mass is 877 g/mol. The van der Waals surface area contributed by atoms with Crippen LogP contribution >= 0.6 is 31.9 Å². The first-order valence-electron chi connectivity index (χ1n) is 17.6. The number of aromatic nitrogens is 4. The molecule has 0 atom stereocenters. The molecule has 0 unspecified atom stereocenters. The first kappa shape index (κ1) is 39.9. The highest BCUT2D eigenvalue weighted by Gasteiger charge is 2.20. The van der Waals surface area contributed by atoms with E-state index in [-0.39, 0.29) is 27.8 Å². The van der Waals surface area contributed by atoms with E-state index in [9.17, 15) is 19.2 Å².